The van der Waals surface area contributed by atoms with Crippen LogP contribution in [0.3, 0.4) is 0 Å². The van der Waals surface area contributed by atoms with Gasteiger partial charge in [0, 0.05) is 30.7 Å². The Bertz CT molecular complexity index is 495. The number of aromatic nitrogens is 1. The van der Waals surface area contributed by atoms with Gasteiger partial charge in [-0.2, -0.15) is 0 Å². The number of hydrogen-bond donors (Lipinski definition) is 2. The number of rotatable bonds is 2. The van der Waals surface area contributed by atoms with E-state index in [-0.39, 0.29) is 0 Å². The number of aromatic amines is 1. The fraction of sp³-hybridized carbons (Fsp3) is 0.385. The standard InChI is InChI=1S/C13H17N3/c14-9-11-8-10-4-3-5-12(13(10)15-11)16-6-1-2-7-16/h3-5,8,15H,1-2,6-7,9,14H2. The molecule has 84 valence electrons. The van der Waals surface area contributed by atoms with Gasteiger partial charge in [-0.15, -0.1) is 0 Å². The minimum Gasteiger partial charge on any atom is -0.370 e. The first kappa shape index (κ1) is 9.73. The van der Waals surface area contributed by atoms with Crippen LogP contribution in [0.25, 0.3) is 10.9 Å². The van der Waals surface area contributed by atoms with E-state index in [1.54, 1.807) is 0 Å². The van der Waals surface area contributed by atoms with Crippen LogP contribution in [0.1, 0.15) is 18.5 Å². The Morgan fingerprint density at radius 3 is 2.81 bits per heavy atom. The van der Waals surface area contributed by atoms with Crippen molar-refractivity contribution >= 4 is 16.6 Å². The number of H-pyrrole nitrogens is 1. The maximum absolute atomic E-state index is 5.67. The lowest BCUT2D eigenvalue weighted by atomic mass is 10.2. The van der Waals surface area contributed by atoms with Gasteiger partial charge in [0.2, 0.25) is 0 Å². The highest BCUT2D eigenvalue weighted by Gasteiger charge is 2.15. The third-order valence-corrected chi connectivity index (χ3v) is 3.36. The maximum atomic E-state index is 5.67. The number of anilines is 1. The molecule has 1 aliphatic rings. The van der Waals surface area contributed by atoms with E-state index in [0.717, 1.165) is 5.69 Å². The molecule has 1 aliphatic heterocycles. The molecule has 3 N–H and O–H groups in total. The van der Waals surface area contributed by atoms with Crippen molar-refractivity contribution in [3.8, 4) is 0 Å². The Hall–Kier alpha value is -1.48. The predicted molar refractivity (Wildman–Crippen MR) is 67.6 cm³/mol. The van der Waals surface area contributed by atoms with E-state index in [0.29, 0.717) is 6.54 Å². The quantitative estimate of drug-likeness (QED) is 0.807. The fourth-order valence-corrected chi connectivity index (χ4v) is 2.53. The van der Waals surface area contributed by atoms with Gasteiger partial charge in [-0.3, -0.25) is 0 Å². The maximum Gasteiger partial charge on any atom is 0.0694 e. The molecule has 3 heteroatoms. The first-order valence-corrected chi connectivity index (χ1v) is 5.94. The van der Waals surface area contributed by atoms with Crippen LogP contribution in [-0.2, 0) is 6.54 Å². The SMILES string of the molecule is NCc1cc2cccc(N3CCCC3)c2[nH]1. The monoisotopic (exact) mass is 215 g/mol. The van der Waals surface area contributed by atoms with Gasteiger partial charge in [-0.25, -0.2) is 0 Å². The lowest BCUT2D eigenvalue weighted by Crippen LogP contribution is -2.17. The molecule has 0 aliphatic carbocycles. The molecule has 0 bridgehead atoms. The summed E-state index contributed by atoms with van der Waals surface area (Å²) in [6.07, 6.45) is 2.61. The summed E-state index contributed by atoms with van der Waals surface area (Å²) in [7, 11) is 0. The average molecular weight is 215 g/mol. The number of fused-ring (bicyclic) bond motifs is 1. The normalized spacial score (nSPS) is 16.2. The molecule has 1 aromatic carbocycles. The highest BCUT2D eigenvalue weighted by atomic mass is 15.1. The summed E-state index contributed by atoms with van der Waals surface area (Å²) in [5.41, 5.74) is 9.35. The van der Waals surface area contributed by atoms with Crippen LogP contribution in [0.15, 0.2) is 24.3 Å². The molecule has 0 amide bonds. The van der Waals surface area contributed by atoms with Gasteiger partial charge in [-0.1, -0.05) is 12.1 Å². The van der Waals surface area contributed by atoms with Crippen LogP contribution in [0.4, 0.5) is 5.69 Å². The first-order chi connectivity index (χ1) is 7.88. The van der Waals surface area contributed by atoms with E-state index in [1.807, 2.05) is 0 Å². The summed E-state index contributed by atoms with van der Waals surface area (Å²) in [4.78, 5) is 5.88. The molecule has 2 heterocycles. The van der Waals surface area contributed by atoms with Crippen molar-refractivity contribution in [2.24, 2.45) is 5.73 Å². The van der Waals surface area contributed by atoms with Gasteiger partial charge in [0.1, 0.15) is 0 Å². The molecule has 0 spiro atoms. The minimum absolute atomic E-state index is 0.578. The third kappa shape index (κ3) is 1.48. The van der Waals surface area contributed by atoms with E-state index in [2.05, 4.69) is 34.1 Å². The second kappa shape index (κ2) is 3.83. The van der Waals surface area contributed by atoms with Gasteiger partial charge in [0.15, 0.2) is 0 Å². The molecule has 2 aromatic rings. The number of benzene rings is 1. The van der Waals surface area contributed by atoms with Crippen LogP contribution in [-0.4, -0.2) is 18.1 Å². The summed E-state index contributed by atoms with van der Waals surface area (Å²) >= 11 is 0. The average Bonchev–Trinajstić information content (AvgIpc) is 2.97. The van der Waals surface area contributed by atoms with Gasteiger partial charge in [-0.05, 0) is 25.0 Å². The zero-order valence-corrected chi connectivity index (χ0v) is 9.37. The number of para-hydroxylation sites is 1. The van der Waals surface area contributed by atoms with Crippen molar-refractivity contribution in [3.05, 3.63) is 30.0 Å². The van der Waals surface area contributed by atoms with E-state index in [1.165, 1.54) is 42.5 Å². The molecule has 1 aromatic heterocycles. The number of nitrogens with one attached hydrogen (secondary N) is 1. The molecule has 0 unspecified atom stereocenters. The van der Waals surface area contributed by atoms with Crippen molar-refractivity contribution in [2.75, 3.05) is 18.0 Å². The Labute approximate surface area is 95.2 Å². The van der Waals surface area contributed by atoms with E-state index in [4.69, 9.17) is 5.73 Å². The lowest BCUT2D eigenvalue weighted by molar-refractivity contribution is 0.949. The van der Waals surface area contributed by atoms with Crippen molar-refractivity contribution in [2.45, 2.75) is 19.4 Å². The zero-order chi connectivity index (χ0) is 11.0. The first-order valence-electron chi connectivity index (χ1n) is 5.94. The minimum atomic E-state index is 0.578. The second-order valence-corrected chi connectivity index (χ2v) is 4.43. The second-order valence-electron chi connectivity index (χ2n) is 4.43. The number of hydrogen-bond acceptors (Lipinski definition) is 2. The van der Waals surface area contributed by atoms with Crippen molar-refractivity contribution < 1.29 is 0 Å². The zero-order valence-electron chi connectivity index (χ0n) is 9.37. The molecule has 3 rings (SSSR count). The fourth-order valence-electron chi connectivity index (χ4n) is 2.53. The smallest absolute Gasteiger partial charge is 0.0694 e. The van der Waals surface area contributed by atoms with Crippen molar-refractivity contribution in [1.82, 2.24) is 4.98 Å². The Kier molecular flexibility index (Phi) is 2.33. The van der Waals surface area contributed by atoms with Crippen LogP contribution < -0.4 is 10.6 Å². The molecule has 0 saturated carbocycles. The molecule has 0 atom stereocenters. The van der Waals surface area contributed by atoms with Gasteiger partial charge >= 0.3 is 0 Å². The van der Waals surface area contributed by atoms with Crippen LogP contribution in [0.2, 0.25) is 0 Å². The molecular formula is C13H17N3. The van der Waals surface area contributed by atoms with Crippen LogP contribution in [0, 0.1) is 0 Å². The topological polar surface area (TPSA) is 45.0 Å². The summed E-state index contributed by atoms with van der Waals surface area (Å²) in [6, 6.07) is 8.62. The Morgan fingerprint density at radius 2 is 2.06 bits per heavy atom. The van der Waals surface area contributed by atoms with E-state index >= 15 is 0 Å². The van der Waals surface area contributed by atoms with Gasteiger partial charge in [0.05, 0.1) is 11.2 Å². The third-order valence-electron chi connectivity index (χ3n) is 3.36. The summed E-state index contributed by atoms with van der Waals surface area (Å²) < 4.78 is 0. The largest absolute Gasteiger partial charge is 0.370 e. The van der Waals surface area contributed by atoms with E-state index in [9.17, 15) is 0 Å². The van der Waals surface area contributed by atoms with E-state index < -0.39 is 0 Å². The molecule has 16 heavy (non-hydrogen) atoms. The molecule has 3 nitrogen and oxygen atoms in total. The highest BCUT2D eigenvalue weighted by Crippen LogP contribution is 2.29. The van der Waals surface area contributed by atoms with Gasteiger partial charge in [0.25, 0.3) is 0 Å². The van der Waals surface area contributed by atoms with Crippen molar-refractivity contribution in [1.29, 1.82) is 0 Å². The summed E-state index contributed by atoms with van der Waals surface area (Å²) in [6.45, 7) is 2.93. The van der Waals surface area contributed by atoms with Crippen LogP contribution in [0.5, 0.6) is 0 Å². The lowest BCUT2D eigenvalue weighted by Gasteiger charge is -2.18. The van der Waals surface area contributed by atoms with Gasteiger partial charge < -0.3 is 15.6 Å². The summed E-state index contributed by atoms with van der Waals surface area (Å²) in [5.74, 6) is 0. The Balaban J connectivity index is 2.12. The molecule has 1 fully saturated rings. The Morgan fingerprint density at radius 1 is 1.25 bits per heavy atom. The highest BCUT2D eigenvalue weighted by molar-refractivity contribution is 5.92. The molecule has 1 saturated heterocycles. The predicted octanol–water partition coefficient (Wildman–Crippen LogP) is 2.23. The molecule has 0 radical (unpaired) electrons. The number of nitrogens with two attached hydrogens (primary N) is 1. The number of nitrogens with zero attached hydrogens (tertiary/aromatic N) is 1. The van der Waals surface area contributed by atoms with Crippen LogP contribution >= 0.6 is 0 Å². The summed E-state index contributed by atoms with van der Waals surface area (Å²) in [5, 5.41) is 1.27. The van der Waals surface area contributed by atoms with Crippen molar-refractivity contribution in [3.63, 3.8) is 0 Å². The molecular weight excluding hydrogens is 198 g/mol.